The van der Waals surface area contributed by atoms with Crippen LogP contribution >= 0.6 is 8.25 Å². The lowest BCUT2D eigenvalue weighted by atomic mass is 10.3. The zero-order chi connectivity index (χ0) is 16.6. The number of aliphatic hydroxyl groups excluding tert-OH is 2. The van der Waals surface area contributed by atoms with Crippen LogP contribution in [0.4, 0.5) is 0 Å². The van der Waals surface area contributed by atoms with Gasteiger partial charge < -0.3 is 19.3 Å². The Bertz CT molecular complexity index is 445. The van der Waals surface area contributed by atoms with Crippen LogP contribution in [0.3, 0.4) is 0 Å². The second-order valence-electron chi connectivity index (χ2n) is 3.71. The molecule has 122 valence electrons. The molecule has 0 amide bonds. The largest absolute Gasteiger partial charge is 0.418 e. The summed E-state index contributed by atoms with van der Waals surface area (Å²) < 4.78 is 21.8. The SMILES string of the molecule is CCO.CCO.O=[PH](Oc1ccccc1)Oc1ccccc1. The van der Waals surface area contributed by atoms with E-state index in [0.29, 0.717) is 11.5 Å². The van der Waals surface area contributed by atoms with Crippen molar-refractivity contribution in [1.82, 2.24) is 0 Å². The molecule has 0 saturated carbocycles. The Morgan fingerprint density at radius 1 is 0.773 bits per heavy atom. The third-order valence-electron chi connectivity index (χ3n) is 1.89. The van der Waals surface area contributed by atoms with Crippen molar-refractivity contribution in [1.29, 1.82) is 0 Å². The standard InChI is InChI=1S/C12H11O3P.2C2H6O/c13-16(14-11-7-3-1-4-8-11)15-12-9-5-2-6-10-12;2*1-2-3/h1-10,16H;2*3H,2H2,1H3. The smallest absolute Gasteiger partial charge is 0.418 e. The lowest BCUT2D eigenvalue weighted by molar-refractivity contribution is 0.318. The van der Waals surface area contributed by atoms with Crippen LogP contribution in [0.25, 0.3) is 0 Å². The summed E-state index contributed by atoms with van der Waals surface area (Å²) in [5.41, 5.74) is 0. The molecule has 0 radical (unpaired) electrons. The second-order valence-corrected chi connectivity index (χ2v) is 4.62. The number of benzene rings is 2. The summed E-state index contributed by atoms with van der Waals surface area (Å²) in [7, 11) is -2.54. The lowest BCUT2D eigenvalue weighted by Crippen LogP contribution is -1.87. The highest BCUT2D eigenvalue weighted by Crippen LogP contribution is 2.29. The third-order valence-corrected chi connectivity index (χ3v) is 2.69. The maximum Gasteiger partial charge on any atom is 0.418 e. The van der Waals surface area contributed by atoms with Crippen LogP contribution in [-0.2, 0) is 4.57 Å². The molecule has 6 heteroatoms. The van der Waals surface area contributed by atoms with Crippen LogP contribution in [-0.4, -0.2) is 23.4 Å². The van der Waals surface area contributed by atoms with Gasteiger partial charge in [-0.05, 0) is 38.1 Å². The molecule has 0 atom stereocenters. The van der Waals surface area contributed by atoms with Gasteiger partial charge in [-0.3, -0.25) is 0 Å². The maximum absolute atomic E-state index is 11.5. The van der Waals surface area contributed by atoms with Crippen molar-refractivity contribution in [2.24, 2.45) is 0 Å². The van der Waals surface area contributed by atoms with E-state index in [1.54, 1.807) is 38.1 Å². The highest BCUT2D eigenvalue weighted by Gasteiger charge is 2.02. The predicted molar refractivity (Wildman–Crippen MR) is 88.7 cm³/mol. The van der Waals surface area contributed by atoms with Crippen LogP contribution in [0, 0.1) is 0 Å². The fourth-order valence-electron chi connectivity index (χ4n) is 1.19. The van der Waals surface area contributed by atoms with E-state index in [4.69, 9.17) is 19.3 Å². The topological polar surface area (TPSA) is 76.0 Å². The minimum Gasteiger partial charge on any atom is -0.418 e. The summed E-state index contributed by atoms with van der Waals surface area (Å²) in [5, 5.41) is 15.1. The highest BCUT2D eigenvalue weighted by atomic mass is 31.1. The lowest BCUT2D eigenvalue weighted by Gasteiger charge is -2.07. The van der Waals surface area contributed by atoms with E-state index in [0.717, 1.165) is 0 Å². The van der Waals surface area contributed by atoms with Gasteiger partial charge in [-0.1, -0.05) is 36.4 Å². The first-order valence-corrected chi connectivity index (χ1v) is 8.11. The number of aliphatic hydroxyl groups is 2. The molecule has 0 aliphatic carbocycles. The van der Waals surface area contributed by atoms with Gasteiger partial charge in [0.1, 0.15) is 11.5 Å². The number of para-hydroxylation sites is 2. The summed E-state index contributed by atoms with van der Waals surface area (Å²) in [6.07, 6.45) is 0. The zero-order valence-electron chi connectivity index (χ0n) is 12.8. The summed E-state index contributed by atoms with van der Waals surface area (Å²) >= 11 is 0. The fraction of sp³-hybridized carbons (Fsp3) is 0.250. The Balaban J connectivity index is 0.000000639. The normalized spacial score (nSPS) is 8.95. The van der Waals surface area contributed by atoms with Crippen LogP contribution in [0.1, 0.15) is 13.8 Å². The first kappa shape index (κ1) is 20.2. The van der Waals surface area contributed by atoms with E-state index in [1.165, 1.54) is 0 Å². The summed E-state index contributed by atoms with van der Waals surface area (Å²) in [6, 6.07) is 17.9. The molecule has 0 bridgehead atoms. The van der Waals surface area contributed by atoms with E-state index in [1.807, 2.05) is 36.4 Å². The van der Waals surface area contributed by atoms with Crippen molar-refractivity contribution in [3.63, 3.8) is 0 Å². The van der Waals surface area contributed by atoms with Gasteiger partial charge >= 0.3 is 8.25 Å². The molecule has 22 heavy (non-hydrogen) atoms. The van der Waals surface area contributed by atoms with Crippen LogP contribution in [0.15, 0.2) is 60.7 Å². The summed E-state index contributed by atoms with van der Waals surface area (Å²) in [4.78, 5) is 0. The number of hydrogen-bond donors (Lipinski definition) is 2. The van der Waals surface area contributed by atoms with Gasteiger partial charge in [0, 0.05) is 13.2 Å². The van der Waals surface area contributed by atoms with Crippen molar-refractivity contribution in [2.75, 3.05) is 13.2 Å². The zero-order valence-corrected chi connectivity index (χ0v) is 13.8. The molecule has 2 N–H and O–H groups in total. The first-order valence-electron chi connectivity index (χ1n) is 6.89. The fourth-order valence-corrected chi connectivity index (χ4v) is 1.89. The molecule has 0 fully saturated rings. The Hall–Kier alpha value is -1.81. The van der Waals surface area contributed by atoms with E-state index in [-0.39, 0.29) is 13.2 Å². The van der Waals surface area contributed by atoms with E-state index < -0.39 is 8.25 Å². The molecule has 2 rings (SSSR count). The molecule has 0 heterocycles. The number of rotatable bonds is 4. The summed E-state index contributed by atoms with van der Waals surface area (Å²) in [5.74, 6) is 1.09. The van der Waals surface area contributed by atoms with Crippen molar-refractivity contribution in [3.8, 4) is 11.5 Å². The number of hydrogen-bond acceptors (Lipinski definition) is 5. The average Bonchev–Trinajstić information content (AvgIpc) is 2.51. The third kappa shape index (κ3) is 10.9. The molecule has 0 spiro atoms. The Morgan fingerprint density at radius 2 is 1.05 bits per heavy atom. The van der Waals surface area contributed by atoms with Crippen LogP contribution in [0.2, 0.25) is 0 Å². The maximum atomic E-state index is 11.5. The van der Waals surface area contributed by atoms with Crippen molar-refractivity contribution in [2.45, 2.75) is 13.8 Å². The van der Waals surface area contributed by atoms with E-state index in [9.17, 15) is 4.57 Å². The molecule has 0 unspecified atom stereocenters. The van der Waals surface area contributed by atoms with Gasteiger partial charge in [-0.15, -0.1) is 0 Å². The van der Waals surface area contributed by atoms with Crippen molar-refractivity contribution >= 4 is 8.25 Å². The second kappa shape index (κ2) is 14.1. The minimum absolute atomic E-state index is 0.250. The monoisotopic (exact) mass is 326 g/mol. The molecule has 2 aromatic rings. The van der Waals surface area contributed by atoms with E-state index >= 15 is 0 Å². The molecule has 0 aliphatic rings. The van der Waals surface area contributed by atoms with Gasteiger partial charge in [-0.25, -0.2) is 4.57 Å². The predicted octanol–water partition coefficient (Wildman–Crippen LogP) is 3.53. The summed E-state index contributed by atoms with van der Waals surface area (Å²) in [6.45, 7) is 3.86. The van der Waals surface area contributed by atoms with Crippen molar-refractivity contribution in [3.05, 3.63) is 60.7 Å². The molecule has 0 aromatic heterocycles. The first-order chi connectivity index (χ1) is 10.7. The average molecular weight is 326 g/mol. The van der Waals surface area contributed by atoms with Gasteiger partial charge in [0.2, 0.25) is 0 Å². The van der Waals surface area contributed by atoms with Crippen LogP contribution in [0.5, 0.6) is 11.5 Å². The molecular formula is C16H23O5P. The van der Waals surface area contributed by atoms with Crippen molar-refractivity contribution < 1.29 is 23.8 Å². The van der Waals surface area contributed by atoms with Gasteiger partial charge in [0.15, 0.2) is 0 Å². The van der Waals surface area contributed by atoms with Gasteiger partial charge in [-0.2, -0.15) is 0 Å². The van der Waals surface area contributed by atoms with Gasteiger partial charge in [0.05, 0.1) is 0 Å². The molecule has 2 aromatic carbocycles. The quantitative estimate of drug-likeness (QED) is 0.841. The Labute approximate surface area is 132 Å². The van der Waals surface area contributed by atoms with Gasteiger partial charge in [0.25, 0.3) is 0 Å². The molecule has 0 saturated heterocycles. The molecule has 5 nitrogen and oxygen atoms in total. The minimum atomic E-state index is -2.54. The Morgan fingerprint density at radius 3 is 1.32 bits per heavy atom. The Kier molecular flexibility index (Phi) is 13.0. The van der Waals surface area contributed by atoms with E-state index in [2.05, 4.69) is 0 Å². The molecule has 0 aliphatic heterocycles. The highest BCUT2D eigenvalue weighted by molar-refractivity contribution is 7.34. The molecular weight excluding hydrogens is 303 g/mol. The van der Waals surface area contributed by atoms with Crippen LogP contribution < -0.4 is 9.05 Å².